The van der Waals surface area contributed by atoms with Gasteiger partial charge in [0.15, 0.2) is 0 Å². The van der Waals surface area contributed by atoms with Crippen molar-refractivity contribution >= 4 is 0 Å². The minimum atomic E-state index is 0. The summed E-state index contributed by atoms with van der Waals surface area (Å²) >= 11 is 0. The summed E-state index contributed by atoms with van der Waals surface area (Å²) in [6, 6.07) is 35.7. The quantitative estimate of drug-likeness (QED) is 0.168. The van der Waals surface area contributed by atoms with Crippen molar-refractivity contribution in [3.05, 3.63) is 121 Å². The van der Waals surface area contributed by atoms with Crippen LogP contribution in [0.15, 0.2) is 103 Å². The zero-order valence-corrected chi connectivity index (χ0v) is 23.6. The number of hydrogen-bond donors (Lipinski definition) is 0. The van der Waals surface area contributed by atoms with Crippen LogP contribution in [0.4, 0.5) is 0 Å². The Hall–Kier alpha value is -3.26. The molecule has 0 atom stereocenters. The molecule has 183 valence electrons. The number of benzene rings is 4. The van der Waals surface area contributed by atoms with Gasteiger partial charge in [-0.25, -0.2) is 0 Å². The molecule has 5 aromatic rings. The van der Waals surface area contributed by atoms with E-state index in [1.807, 2.05) is 12.3 Å². The maximum Gasteiger partial charge on any atom is 0.0602 e. The Bertz CT molecular complexity index is 1390. The molecule has 0 bridgehead atoms. The van der Waals surface area contributed by atoms with Gasteiger partial charge in [0.2, 0.25) is 0 Å². The van der Waals surface area contributed by atoms with Gasteiger partial charge in [0.05, 0.1) is 5.82 Å². The van der Waals surface area contributed by atoms with E-state index in [1.165, 1.54) is 33.5 Å². The van der Waals surface area contributed by atoms with Crippen molar-refractivity contribution in [2.45, 2.75) is 39.5 Å². The third-order valence-corrected chi connectivity index (χ3v) is 6.56. The monoisotopic (exact) mass is 648 g/mol. The van der Waals surface area contributed by atoms with Crippen LogP contribution in [-0.2, 0) is 20.1 Å². The van der Waals surface area contributed by atoms with Crippen LogP contribution in [-0.4, -0.2) is 9.55 Å². The van der Waals surface area contributed by atoms with E-state index in [1.54, 1.807) is 0 Å². The van der Waals surface area contributed by atoms with Gasteiger partial charge in [0.25, 0.3) is 0 Å². The molecule has 0 saturated carbocycles. The maximum atomic E-state index is 4.78. The molecule has 4 aromatic carbocycles. The number of imidazole rings is 1. The van der Waals surface area contributed by atoms with E-state index < -0.39 is 0 Å². The number of hydrogen-bond acceptors (Lipinski definition) is 1. The van der Waals surface area contributed by atoms with Crippen molar-refractivity contribution < 1.29 is 20.1 Å². The summed E-state index contributed by atoms with van der Waals surface area (Å²) in [6.07, 6.45) is 3.98. The summed E-state index contributed by atoms with van der Waals surface area (Å²) in [7, 11) is 0. The summed E-state index contributed by atoms with van der Waals surface area (Å²) < 4.78 is 2.26. The first kappa shape index (κ1) is 25.8. The molecule has 5 rings (SSSR count). The standard InChI is InChI=1S/C33H31N2.Ir/c1-23(2)30-21-29(26-13-9-6-10-14-26)22-31(24(3)4)32(30)35-20-19-34-33(35)28-17-15-27(16-18-28)25-11-7-5-8-12-25;/h5-17,19-24H,1-4H3;/q-1;. The van der Waals surface area contributed by atoms with Crippen LogP contribution in [0.2, 0.25) is 0 Å². The molecule has 0 saturated heterocycles. The molecule has 3 heteroatoms. The molecule has 0 aliphatic rings. The van der Waals surface area contributed by atoms with Crippen LogP contribution in [0.3, 0.4) is 0 Å². The van der Waals surface area contributed by atoms with Gasteiger partial charge in [-0.15, -0.1) is 29.8 Å². The topological polar surface area (TPSA) is 17.8 Å². The first-order valence-electron chi connectivity index (χ1n) is 12.4. The van der Waals surface area contributed by atoms with Gasteiger partial charge in [-0.1, -0.05) is 99.5 Å². The van der Waals surface area contributed by atoms with Gasteiger partial charge in [0, 0.05) is 38.2 Å². The van der Waals surface area contributed by atoms with Crippen LogP contribution in [0.5, 0.6) is 0 Å². The molecule has 2 nitrogen and oxygen atoms in total. The molecule has 0 spiro atoms. The van der Waals surface area contributed by atoms with E-state index in [9.17, 15) is 0 Å². The van der Waals surface area contributed by atoms with Gasteiger partial charge < -0.3 is 4.57 Å². The molecular weight excluding hydrogens is 617 g/mol. The fourth-order valence-corrected chi connectivity index (χ4v) is 4.69. The molecule has 1 heterocycles. The van der Waals surface area contributed by atoms with E-state index in [0.717, 1.165) is 17.0 Å². The molecule has 36 heavy (non-hydrogen) atoms. The van der Waals surface area contributed by atoms with Gasteiger partial charge in [-0.3, -0.25) is 4.98 Å². The molecule has 0 fully saturated rings. The van der Waals surface area contributed by atoms with E-state index in [0.29, 0.717) is 11.8 Å². The Morgan fingerprint density at radius 3 is 1.72 bits per heavy atom. The van der Waals surface area contributed by atoms with E-state index >= 15 is 0 Å². The molecule has 0 aliphatic heterocycles. The van der Waals surface area contributed by atoms with Crippen molar-refractivity contribution in [1.29, 1.82) is 0 Å². The Labute approximate surface area is 228 Å². The summed E-state index contributed by atoms with van der Waals surface area (Å²) in [5.41, 5.74) is 9.75. The number of rotatable bonds is 6. The van der Waals surface area contributed by atoms with Crippen molar-refractivity contribution in [2.75, 3.05) is 0 Å². The van der Waals surface area contributed by atoms with Crippen molar-refractivity contribution in [1.82, 2.24) is 9.55 Å². The van der Waals surface area contributed by atoms with Crippen LogP contribution in [0, 0.1) is 6.07 Å². The second-order valence-corrected chi connectivity index (χ2v) is 9.66. The summed E-state index contributed by atoms with van der Waals surface area (Å²) in [5, 5.41) is 0. The predicted octanol–water partition coefficient (Wildman–Crippen LogP) is 8.92. The summed E-state index contributed by atoms with van der Waals surface area (Å²) in [5.74, 6) is 1.65. The Balaban J connectivity index is 0.00000304. The van der Waals surface area contributed by atoms with E-state index in [2.05, 4.69) is 129 Å². The largest absolute Gasteiger partial charge is 0.340 e. The average Bonchev–Trinajstić information content (AvgIpc) is 3.38. The third kappa shape index (κ3) is 5.14. The molecule has 0 unspecified atom stereocenters. The van der Waals surface area contributed by atoms with Crippen LogP contribution < -0.4 is 0 Å². The third-order valence-electron chi connectivity index (χ3n) is 6.56. The first-order valence-corrected chi connectivity index (χ1v) is 12.4. The molecule has 0 amide bonds. The van der Waals surface area contributed by atoms with Crippen LogP contribution in [0.25, 0.3) is 39.3 Å². The van der Waals surface area contributed by atoms with Gasteiger partial charge in [-0.05, 0) is 46.2 Å². The fourth-order valence-electron chi connectivity index (χ4n) is 4.69. The molecule has 0 N–H and O–H groups in total. The Morgan fingerprint density at radius 2 is 1.22 bits per heavy atom. The predicted molar refractivity (Wildman–Crippen MR) is 147 cm³/mol. The minimum absolute atomic E-state index is 0. The van der Waals surface area contributed by atoms with E-state index in [4.69, 9.17) is 4.98 Å². The smallest absolute Gasteiger partial charge is 0.0602 e. The van der Waals surface area contributed by atoms with Gasteiger partial charge in [-0.2, -0.15) is 0 Å². The first-order chi connectivity index (χ1) is 17.0. The second-order valence-electron chi connectivity index (χ2n) is 9.66. The van der Waals surface area contributed by atoms with Crippen LogP contribution in [0.1, 0.15) is 50.7 Å². The number of nitrogens with zero attached hydrogens (tertiary/aromatic N) is 2. The second kappa shape index (κ2) is 11.2. The van der Waals surface area contributed by atoms with Crippen molar-refractivity contribution in [3.63, 3.8) is 0 Å². The van der Waals surface area contributed by atoms with E-state index in [-0.39, 0.29) is 20.1 Å². The summed E-state index contributed by atoms with van der Waals surface area (Å²) in [4.78, 5) is 4.78. The summed E-state index contributed by atoms with van der Waals surface area (Å²) in [6.45, 7) is 9.09. The zero-order chi connectivity index (χ0) is 24.4. The average molecular weight is 648 g/mol. The van der Waals surface area contributed by atoms with Gasteiger partial charge >= 0.3 is 0 Å². The normalized spacial score (nSPS) is 11.1. The zero-order valence-electron chi connectivity index (χ0n) is 21.2. The van der Waals surface area contributed by atoms with Gasteiger partial charge in [0.1, 0.15) is 0 Å². The Kier molecular flexibility index (Phi) is 8.04. The molecular formula is C33H31IrN2-. The SMILES string of the molecule is CC(C)c1cc(-c2ccccc2)cc(C(C)C)c1-n1ccnc1-c1[c-]cc(-c2ccccc2)cc1.[Ir]. The van der Waals surface area contributed by atoms with Crippen molar-refractivity contribution in [2.24, 2.45) is 0 Å². The fraction of sp³-hybridized carbons (Fsp3) is 0.182. The molecule has 1 aromatic heterocycles. The number of aromatic nitrogens is 2. The van der Waals surface area contributed by atoms with Crippen LogP contribution >= 0.6 is 0 Å². The Morgan fingerprint density at radius 1 is 0.667 bits per heavy atom. The minimum Gasteiger partial charge on any atom is -0.340 e. The van der Waals surface area contributed by atoms with Crippen molar-refractivity contribution in [3.8, 4) is 39.3 Å². The molecule has 1 radical (unpaired) electrons. The molecule has 0 aliphatic carbocycles. The maximum absolute atomic E-state index is 4.78.